The highest BCUT2D eigenvalue weighted by Crippen LogP contribution is 2.12. The minimum atomic E-state index is -0.716. The molecule has 0 saturated heterocycles. The van der Waals surface area contributed by atoms with Gasteiger partial charge in [-0.25, -0.2) is 13.8 Å². The van der Waals surface area contributed by atoms with E-state index in [1.54, 1.807) is 6.20 Å². The molecule has 2 N–H and O–H groups in total. The van der Waals surface area contributed by atoms with Gasteiger partial charge in [-0.3, -0.25) is 4.79 Å². The van der Waals surface area contributed by atoms with E-state index < -0.39 is 17.5 Å². The lowest BCUT2D eigenvalue weighted by Gasteiger charge is -2.05. The third-order valence-corrected chi connectivity index (χ3v) is 2.43. The maximum absolute atomic E-state index is 13.3. The van der Waals surface area contributed by atoms with Gasteiger partial charge in [0.15, 0.2) is 0 Å². The molecule has 0 radical (unpaired) electrons. The van der Waals surface area contributed by atoms with Crippen LogP contribution >= 0.6 is 0 Å². The molecule has 94 valence electrons. The molecule has 6 heteroatoms. The van der Waals surface area contributed by atoms with Crippen LogP contribution in [0.4, 0.5) is 8.78 Å². The lowest BCUT2D eigenvalue weighted by Crippen LogP contribution is -2.25. The van der Waals surface area contributed by atoms with Gasteiger partial charge in [-0.05, 0) is 12.1 Å². The third-order valence-electron chi connectivity index (χ3n) is 2.43. The van der Waals surface area contributed by atoms with Crippen LogP contribution in [0.5, 0.6) is 0 Å². The summed E-state index contributed by atoms with van der Waals surface area (Å²) < 4.78 is 26.6. The summed E-state index contributed by atoms with van der Waals surface area (Å²) in [5, 5.41) is 2.54. The normalized spacial score (nSPS) is 10.3. The van der Waals surface area contributed by atoms with Crippen molar-refractivity contribution in [3.63, 3.8) is 0 Å². The van der Waals surface area contributed by atoms with Crippen molar-refractivity contribution in [3.05, 3.63) is 53.6 Å². The largest absolute Gasteiger partial charge is 0.350 e. The van der Waals surface area contributed by atoms with Gasteiger partial charge in [0.1, 0.15) is 11.6 Å². The third kappa shape index (κ3) is 2.91. The van der Waals surface area contributed by atoms with Gasteiger partial charge >= 0.3 is 0 Å². The van der Waals surface area contributed by atoms with Gasteiger partial charge < -0.3 is 10.3 Å². The summed E-state index contributed by atoms with van der Waals surface area (Å²) in [4.78, 5) is 18.1. The molecule has 1 aromatic carbocycles. The van der Waals surface area contributed by atoms with E-state index in [1.807, 2.05) is 0 Å². The van der Waals surface area contributed by atoms with Crippen molar-refractivity contribution in [2.24, 2.45) is 0 Å². The van der Waals surface area contributed by atoms with Crippen molar-refractivity contribution in [2.75, 3.05) is 0 Å². The number of benzene rings is 1. The summed E-state index contributed by atoms with van der Waals surface area (Å²) in [5.74, 6) is -1.88. The predicted molar refractivity (Wildman–Crippen MR) is 60.5 cm³/mol. The molecule has 1 aromatic heterocycles. The maximum Gasteiger partial charge on any atom is 0.224 e. The summed E-state index contributed by atoms with van der Waals surface area (Å²) in [6, 6.07) is 3.51. The number of carbonyl (C=O) groups excluding carboxylic acids is 1. The predicted octanol–water partition coefficient (Wildman–Crippen LogP) is 1.55. The molecule has 0 bridgehead atoms. The second-order valence-electron chi connectivity index (χ2n) is 3.73. The van der Waals surface area contributed by atoms with E-state index in [2.05, 4.69) is 15.3 Å². The maximum atomic E-state index is 13.3. The minimum Gasteiger partial charge on any atom is -0.350 e. The SMILES string of the molecule is O=C(Cc1c(F)cccc1F)NCc1cnc[nH]1. The van der Waals surface area contributed by atoms with Crippen molar-refractivity contribution in [1.82, 2.24) is 15.3 Å². The Bertz CT molecular complexity index is 520. The van der Waals surface area contributed by atoms with Gasteiger partial charge in [0.2, 0.25) is 5.91 Å². The van der Waals surface area contributed by atoms with Crippen LogP contribution in [0.2, 0.25) is 0 Å². The Labute approximate surface area is 102 Å². The average molecular weight is 251 g/mol. The van der Waals surface area contributed by atoms with Crippen molar-refractivity contribution >= 4 is 5.91 Å². The Morgan fingerprint density at radius 3 is 2.67 bits per heavy atom. The number of amides is 1. The molecular formula is C12H11F2N3O. The van der Waals surface area contributed by atoms with Crippen LogP contribution in [0.3, 0.4) is 0 Å². The molecule has 0 aliphatic heterocycles. The molecule has 1 amide bonds. The summed E-state index contributed by atoms with van der Waals surface area (Å²) in [6.45, 7) is 0.245. The van der Waals surface area contributed by atoms with Gasteiger partial charge in [0.25, 0.3) is 0 Å². The topological polar surface area (TPSA) is 57.8 Å². The van der Waals surface area contributed by atoms with Crippen LogP contribution in [-0.4, -0.2) is 15.9 Å². The van der Waals surface area contributed by atoms with E-state index in [1.165, 1.54) is 12.4 Å². The van der Waals surface area contributed by atoms with Crippen molar-refractivity contribution < 1.29 is 13.6 Å². The molecule has 2 aromatic rings. The fourth-order valence-electron chi connectivity index (χ4n) is 1.50. The zero-order valence-electron chi connectivity index (χ0n) is 9.41. The van der Waals surface area contributed by atoms with Gasteiger partial charge in [0.05, 0.1) is 25.0 Å². The first-order valence-corrected chi connectivity index (χ1v) is 5.33. The first-order valence-electron chi connectivity index (χ1n) is 5.33. The second kappa shape index (κ2) is 5.39. The van der Waals surface area contributed by atoms with E-state index in [-0.39, 0.29) is 18.5 Å². The van der Waals surface area contributed by atoms with Gasteiger partial charge in [-0.1, -0.05) is 6.07 Å². The Balaban J connectivity index is 1.95. The summed E-state index contributed by atoms with van der Waals surface area (Å²) in [6.07, 6.45) is 2.72. The molecule has 1 heterocycles. The molecule has 0 fully saturated rings. The van der Waals surface area contributed by atoms with E-state index in [4.69, 9.17) is 0 Å². The zero-order chi connectivity index (χ0) is 13.0. The summed E-state index contributed by atoms with van der Waals surface area (Å²) in [5.41, 5.74) is 0.497. The Kier molecular flexibility index (Phi) is 3.66. The molecule has 0 unspecified atom stereocenters. The van der Waals surface area contributed by atoms with E-state index in [9.17, 15) is 13.6 Å². The van der Waals surface area contributed by atoms with E-state index in [0.29, 0.717) is 0 Å². The fourth-order valence-corrected chi connectivity index (χ4v) is 1.50. The fraction of sp³-hybridized carbons (Fsp3) is 0.167. The summed E-state index contributed by atoms with van der Waals surface area (Å²) in [7, 11) is 0. The van der Waals surface area contributed by atoms with Crippen LogP contribution in [0.15, 0.2) is 30.7 Å². The zero-order valence-corrected chi connectivity index (χ0v) is 9.41. The van der Waals surface area contributed by atoms with Gasteiger partial charge in [-0.15, -0.1) is 0 Å². The van der Waals surface area contributed by atoms with Crippen LogP contribution in [0, 0.1) is 11.6 Å². The smallest absolute Gasteiger partial charge is 0.224 e. The number of H-pyrrole nitrogens is 1. The number of halogens is 2. The molecule has 18 heavy (non-hydrogen) atoms. The first-order chi connectivity index (χ1) is 8.66. The Morgan fingerprint density at radius 1 is 1.33 bits per heavy atom. The molecule has 0 saturated carbocycles. The Morgan fingerprint density at radius 2 is 2.06 bits per heavy atom. The average Bonchev–Trinajstić information content (AvgIpc) is 2.84. The van der Waals surface area contributed by atoms with Crippen molar-refractivity contribution in [2.45, 2.75) is 13.0 Å². The van der Waals surface area contributed by atoms with E-state index in [0.717, 1.165) is 17.8 Å². The minimum absolute atomic E-state index is 0.223. The molecular weight excluding hydrogens is 240 g/mol. The highest BCUT2D eigenvalue weighted by Gasteiger charge is 2.12. The number of hydrogen-bond acceptors (Lipinski definition) is 2. The standard InChI is InChI=1S/C12H11F2N3O/c13-10-2-1-3-11(14)9(10)4-12(18)16-6-8-5-15-7-17-8/h1-3,5,7H,4,6H2,(H,15,17)(H,16,18). The number of aromatic amines is 1. The number of nitrogens with zero attached hydrogens (tertiary/aromatic N) is 1. The molecule has 0 spiro atoms. The molecule has 2 rings (SSSR count). The Hall–Kier alpha value is -2.24. The number of rotatable bonds is 4. The second-order valence-corrected chi connectivity index (χ2v) is 3.73. The molecule has 4 nitrogen and oxygen atoms in total. The van der Waals surface area contributed by atoms with E-state index >= 15 is 0 Å². The van der Waals surface area contributed by atoms with Gasteiger partial charge in [-0.2, -0.15) is 0 Å². The summed E-state index contributed by atoms with van der Waals surface area (Å²) >= 11 is 0. The van der Waals surface area contributed by atoms with Gasteiger partial charge in [0, 0.05) is 11.8 Å². The number of nitrogens with one attached hydrogen (secondary N) is 2. The molecule has 0 aliphatic rings. The number of imidazole rings is 1. The number of aromatic nitrogens is 2. The first kappa shape index (κ1) is 12.2. The van der Waals surface area contributed by atoms with Crippen LogP contribution in [-0.2, 0) is 17.8 Å². The number of hydrogen-bond donors (Lipinski definition) is 2. The highest BCUT2D eigenvalue weighted by molar-refractivity contribution is 5.78. The number of carbonyl (C=O) groups is 1. The van der Waals surface area contributed by atoms with Crippen LogP contribution < -0.4 is 5.32 Å². The molecule has 0 atom stereocenters. The van der Waals surface area contributed by atoms with Crippen molar-refractivity contribution in [1.29, 1.82) is 0 Å². The van der Waals surface area contributed by atoms with Crippen LogP contribution in [0.25, 0.3) is 0 Å². The van der Waals surface area contributed by atoms with Crippen molar-refractivity contribution in [3.8, 4) is 0 Å². The molecule has 0 aliphatic carbocycles. The quantitative estimate of drug-likeness (QED) is 0.866. The highest BCUT2D eigenvalue weighted by atomic mass is 19.1. The lowest BCUT2D eigenvalue weighted by atomic mass is 10.1. The lowest BCUT2D eigenvalue weighted by molar-refractivity contribution is -0.120. The van der Waals surface area contributed by atoms with Crippen LogP contribution in [0.1, 0.15) is 11.3 Å². The monoisotopic (exact) mass is 251 g/mol.